The van der Waals surface area contributed by atoms with Crippen LogP contribution in [-0.2, 0) is 16.7 Å². The first-order valence-electron chi connectivity index (χ1n) is 10.1. The van der Waals surface area contributed by atoms with Gasteiger partial charge in [0.05, 0.1) is 12.6 Å². The van der Waals surface area contributed by atoms with Crippen molar-refractivity contribution in [3.05, 3.63) is 71.3 Å². The predicted molar refractivity (Wildman–Crippen MR) is 108 cm³/mol. The minimum atomic E-state index is 0.258. The SMILES string of the molecule is Cc1ccc([C@]2(CC[NH2+]Cc3ccccc3)CCO[C@@H](C(C)C)C2)cc1. The van der Waals surface area contributed by atoms with E-state index in [1.54, 1.807) is 0 Å². The number of benzene rings is 2. The molecule has 3 rings (SSSR count). The highest BCUT2D eigenvalue weighted by molar-refractivity contribution is 5.29. The van der Waals surface area contributed by atoms with Gasteiger partial charge in [-0.05, 0) is 31.2 Å². The maximum absolute atomic E-state index is 6.11. The van der Waals surface area contributed by atoms with Gasteiger partial charge in [-0.2, -0.15) is 0 Å². The first-order valence-corrected chi connectivity index (χ1v) is 10.1. The van der Waals surface area contributed by atoms with Crippen molar-refractivity contribution in [2.24, 2.45) is 5.92 Å². The van der Waals surface area contributed by atoms with Crippen molar-refractivity contribution in [1.29, 1.82) is 0 Å². The molecule has 140 valence electrons. The molecule has 0 radical (unpaired) electrons. The summed E-state index contributed by atoms with van der Waals surface area (Å²) in [5, 5.41) is 2.46. The Hall–Kier alpha value is -1.64. The van der Waals surface area contributed by atoms with E-state index in [0.29, 0.717) is 12.0 Å². The minimum Gasteiger partial charge on any atom is -0.378 e. The highest BCUT2D eigenvalue weighted by Crippen LogP contribution is 2.41. The second-order valence-electron chi connectivity index (χ2n) is 8.27. The van der Waals surface area contributed by atoms with Crippen molar-refractivity contribution in [3.8, 4) is 0 Å². The minimum absolute atomic E-state index is 0.258. The molecule has 2 nitrogen and oxygen atoms in total. The van der Waals surface area contributed by atoms with Crippen molar-refractivity contribution in [1.82, 2.24) is 0 Å². The molecule has 0 saturated carbocycles. The quantitative estimate of drug-likeness (QED) is 0.742. The molecule has 26 heavy (non-hydrogen) atoms. The van der Waals surface area contributed by atoms with E-state index in [9.17, 15) is 0 Å². The normalized spacial score (nSPS) is 23.3. The number of hydrogen-bond donors (Lipinski definition) is 1. The molecule has 1 fully saturated rings. The Morgan fingerprint density at radius 3 is 2.50 bits per heavy atom. The fourth-order valence-corrected chi connectivity index (χ4v) is 4.18. The molecule has 1 aliphatic rings. The van der Waals surface area contributed by atoms with Crippen molar-refractivity contribution in [2.75, 3.05) is 13.2 Å². The van der Waals surface area contributed by atoms with E-state index < -0.39 is 0 Å². The van der Waals surface area contributed by atoms with Crippen LogP contribution >= 0.6 is 0 Å². The maximum Gasteiger partial charge on any atom is 0.101 e. The van der Waals surface area contributed by atoms with Gasteiger partial charge in [0.1, 0.15) is 6.54 Å². The summed E-state index contributed by atoms with van der Waals surface area (Å²) < 4.78 is 6.11. The lowest BCUT2D eigenvalue weighted by atomic mass is 9.68. The van der Waals surface area contributed by atoms with E-state index in [1.807, 2.05) is 0 Å². The van der Waals surface area contributed by atoms with Crippen LogP contribution in [0.1, 0.15) is 49.8 Å². The molecule has 0 bridgehead atoms. The summed E-state index contributed by atoms with van der Waals surface area (Å²) in [4.78, 5) is 0. The van der Waals surface area contributed by atoms with Gasteiger partial charge < -0.3 is 10.1 Å². The number of ether oxygens (including phenoxy) is 1. The molecule has 2 aromatic carbocycles. The van der Waals surface area contributed by atoms with Crippen molar-refractivity contribution >= 4 is 0 Å². The maximum atomic E-state index is 6.11. The molecule has 1 saturated heterocycles. The molecular formula is C24H34NO+. The van der Waals surface area contributed by atoms with Crippen LogP contribution in [-0.4, -0.2) is 19.3 Å². The van der Waals surface area contributed by atoms with Crippen LogP contribution in [0.4, 0.5) is 0 Å². The lowest BCUT2D eigenvalue weighted by molar-refractivity contribution is -0.671. The van der Waals surface area contributed by atoms with Crippen LogP contribution in [0, 0.1) is 12.8 Å². The Balaban J connectivity index is 1.69. The highest BCUT2D eigenvalue weighted by atomic mass is 16.5. The molecule has 0 spiro atoms. The third-order valence-electron chi connectivity index (χ3n) is 5.96. The summed E-state index contributed by atoms with van der Waals surface area (Å²) in [6.45, 7) is 9.86. The van der Waals surface area contributed by atoms with Gasteiger partial charge in [0.2, 0.25) is 0 Å². The molecule has 1 heterocycles. The van der Waals surface area contributed by atoms with Crippen molar-refractivity contribution in [3.63, 3.8) is 0 Å². The number of rotatable bonds is 7. The predicted octanol–water partition coefficient (Wildman–Crippen LogP) is 4.22. The number of aryl methyl sites for hydroxylation is 1. The lowest BCUT2D eigenvalue weighted by Crippen LogP contribution is -2.83. The molecule has 0 unspecified atom stereocenters. The zero-order valence-corrected chi connectivity index (χ0v) is 16.6. The second-order valence-corrected chi connectivity index (χ2v) is 8.27. The van der Waals surface area contributed by atoms with Crippen LogP contribution < -0.4 is 5.32 Å². The van der Waals surface area contributed by atoms with Crippen molar-refractivity contribution in [2.45, 2.75) is 58.1 Å². The second kappa shape index (κ2) is 8.83. The lowest BCUT2D eigenvalue weighted by Gasteiger charge is -2.42. The van der Waals surface area contributed by atoms with Gasteiger partial charge >= 0.3 is 0 Å². The van der Waals surface area contributed by atoms with Crippen molar-refractivity contribution < 1.29 is 10.1 Å². The van der Waals surface area contributed by atoms with Gasteiger partial charge in [0.15, 0.2) is 0 Å². The molecule has 0 amide bonds. The van der Waals surface area contributed by atoms with Crippen LogP contribution in [0.3, 0.4) is 0 Å². The van der Waals surface area contributed by atoms with Crippen LogP contribution in [0.25, 0.3) is 0 Å². The van der Waals surface area contributed by atoms with Gasteiger partial charge in [-0.15, -0.1) is 0 Å². The summed E-state index contributed by atoms with van der Waals surface area (Å²) in [5.41, 5.74) is 4.51. The van der Waals surface area contributed by atoms with E-state index in [2.05, 4.69) is 80.7 Å². The Labute approximate surface area is 159 Å². The molecule has 2 N–H and O–H groups in total. The summed E-state index contributed by atoms with van der Waals surface area (Å²) in [6, 6.07) is 20.0. The van der Waals surface area contributed by atoms with E-state index in [1.165, 1.54) is 23.1 Å². The zero-order valence-electron chi connectivity index (χ0n) is 16.6. The average Bonchev–Trinajstić information content (AvgIpc) is 2.67. The molecular weight excluding hydrogens is 318 g/mol. The standard InChI is InChI=1S/C24H33NO/c1-19(2)23-17-24(14-16-26-23,22-11-9-20(3)10-12-22)13-15-25-18-21-7-5-4-6-8-21/h4-12,19,23,25H,13-18H2,1-3H3/p+1/t23-,24-/m1/s1. The summed E-state index contributed by atoms with van der Waals surface area (Å²) in [7, 11) is 0. The summed E-state index contributed by atoms with van der Waals surface area (Å²) in [5.74, 6) is 0.577. The Morgan fingerprint density at radius 1 is 1.08 bits per heavy atom. The Bertz CT molecular complexity index is 664. The average molecular weight is 353 g/mol. The first-order chi connectivity index (χ1) is 12.6. The summed E-state index contributed by atoms with van der Waals surface area (Å²) >= 11 is 0. The van der Waals surface area contributed by atoms with E-state index in [-0.39, 0.29) is 5.41 Å². The van der Waals surface area contributed by atoms with E-state index in [4.69, 9.17) is 4.74 Å². The van der Waals surface area contributed by atoms with Gasteiger partial charge in [0.25, 0.3) is 0 Å². The number of nitrogens with two attached hydrogens (primary N) is 1. The highest BCUT2D eigenvalue weighted by Gasteiger charge is 2.39. The van der Waals surface area contributed by atoms with Gasteiger partial charge in [-0.25, -0.2) is 0 Å². The molecule has 2 aromatic rings. The van der Waals surface area contributed by atoms with Crippen LogP contribution in [0.2, 0.25) is 0 Å². The smallest absolute Gasteiger partial charge is 0.101 e. The molecule has 0 aliphatic carbocycles. The van der Waals surface area contributed by atoms with Crippen LogP contribution in [0.5, 0.6) is 0 Å². The Kier molecular flexibility index (Phi) is 6.50. The van der Waals surface area contributed by atoms with Gasteiger partial charge in [0, 0.05) is 24.0 Å². The number of quaternary nitrogens is 1. The van der Waals surface area contributed by atoms with Gasteiger partial charge in [-0.3, -0.25) is 0 Å². The summed E-state index contributed by atoms with van der Waals surface area (Å²) in [6.07, 6.45) is 3.88. The third-order valence-corrected chi connectivity index (χ3v) is 5.96. The monoisotopic (exact) mass is 352 g/mol. The van der Waals surface area contributed by atoms with E-state index in [0.717, 1.165) is 32.5 Å². The molecule has 2 atom stereocenters. The Morgan fingerprint density at radius 2 is 1.81 bits per heavy atom. The molecule has 0 aromatic heterocycles. The molecule has 1 aliphatic heterocycles. The topological polar surface area (TPSA) is 25.8 Å². The zero-order chi connectivity index (χ0) is 18.4. The fourth-order valence-electron chi connectivity index (χ4n) is 4.18. The molecule has 2 heteroatoms. The van der Waals surface area contributed by atoms with Gasteiger partial charge in [-0.1, -0.05) is 74.0 Å². The first kappa shape index (κ1) is 19.1. The fraction of sp³-hybridized carbons (Fsp3) is 0.500. The van der Waals surface area contributed by atoms with E-state index >= 15 is 0 Å². The third kappa shape index (κ3) is 4.75. The van der Waals surface area contributed by atoms with Crippen LogP contribution in [0.15, 0.2) is 54.6 Å². The number of hydrogen-bond acceptors (Lipinski definition) is 1. The largest absolute Gasteiger partial charge is 0.378 e.